The van der Waals surface area contributed by atoms with Crippen LogP contribution in [0.5, 0.6) is 0 Å². The van der Waals surface area contributed by atoms with Crippen LogP contribution >= 0.6 is 11.3 Å². The lowest BCUT2D eigenvalue weighted by Gasteiger charge is -2.30. The number of rotatable bonds is 8. The van der Waals surface area contributed by atoms with E-state index >= 15 is 0 Å². The maximum absolute atomic E-state index is 13.7. The molecule has 1 N–H and O–H groups in total. The summed E-state index contributed by atoms with van der Waals surface area (Å²) < 4.78 is 62.4. The third-order valence-corrected chi connectivity index (χ3v) is 7.91. The fraction of sp³-hybridized carbons (Fsp3) is 0.441. The van der Waals surface area contributed by atoms with Crippen LogP contribution in [0, 0.1) is 5.82 Å². The highest BCUT2D eigenvalue weighted by molar-refractivity contribution is 7.13. The minimum atomic E-state index is -2.57. The van der Waals surface area contributed by atoms with Gasteiger partial charge in [-0.2, -0.15) is 0 Å². The first-order valence-corrected chi connectivity index (χ1v) is 15.9. The average molecular weight is 677 g/mol. The Kier molecular flexibility index (Phi) is 11.1. The van der Waals surface area contributed by atoms with Crippen LogP contribution in [0.1, 0.15) is 64.7 Å². The molecule has 0 radical (unpaired) electrons. The van der Waals surface area contributed by atoms with E-state index in [4.69, 9.17) is 18.9 Å². The van der Waals surface area contributed by atoms with E-state index in [0.29, 0.717) is 10.4 Å². The number of likely N-dealkylation sites (tertiary alicyclic amines) is 1. The topological polar surface area (TPSA) is 103 Å². The number of alkyl halides is 2. The molecule has 0 aliphatic carbocycles. The Morgan fingerprint density at radius 1 is 0.936 bits per heavy atom. The van der Waals surface area contributed by atoms with Crippen molar-refractivity contribution in [3.8, 4) is 10.4 Å². The molecule has 0 bridgehead atoms. The minimum absolute atomic E-state index is 0.0429. The normalized spacial score (nSPS) is 18.2. The second-order valence-corrected chi connectivity index (χ2v) is 14.0. The van der Waals surface area contributed by atoms with Crippen LogP contribution in [0.4, 0.5) is 27.6 Å². The first kappa shape index (κ1) is 35.6. The van der Waals surface area contributed by atoms with Gasteiger partial charge < -0.3 is 24.3 Å². The molecule has 4 rings (SSSR count). The Labute approximate surface area is 275 Å². The van der Waals surface area contributed by atoms with Crippen LogP contribution in [0.25, 0.3) is 10.4 Å². The SMILES string of the molecule is CC(C)(C)OC(=O)O[C@H]1CN(C(=O)OC(C)(C)C)[C@H](Cc2ccc(-c3cc(C(F)F)cs3)cc2)[C@@H]1OC(=O)NCc1cccc(F)c1. The molecule has 2 aromatic carbocycles. The summed E-state index contributed by atoms with van der Waals surface area (Å²) in [6.45, 7) is 9.93. The standard InChI is InChI=1S/C34H39F3N2O7S/c1-33(2,3)45-31(41)39-18-26(43-32(42)46-34(4,5)6)28(44-30(40)38-17-21-8-7-9-24(35)14-21)25(39)15-20-10-12-22(13-11-20)27-16-23(19-47-27)29(36)37/h7-14,16,19,25-26,28-29H,15,17-18H2,1-6H3,(H,38,40)/t25-,26+,28+/m1/s1. The van der Waals surface area contributed by atoms with Crippen molar-refractivity contribution in [3.05, 3.63) is 82.5 Å². The van der Waals surface area contributed by atoms with Gasteiger partial charge >= 0.3 is 18.3 Å². The van der Waals surface area contributed by atoms with E-state index in [0.717, 1.165) is 11.1 Å². The summed E-state index contributed by atoms with van der Waals surface area (Å²) in [5.74, 6) is -0.466. The predicted molar refractivity (Wildman–Crippen MR) is 170 cm³/mol. The third-order valence-electron chi connectivity index (χ3n) is 6.91. The zero-order valence-corrected chi connectivity index (χ0v) is 27.9. The van der Waals surface area contributed by atoms with Gasteiger partial charge in [0.15, 0.2) is 12.2 Å². The predicted octanol–water partition coefficient (Wildman–Crippen LogP) is 8.27. The molecule has 47 heavy (non-hydrogen) atoms. The third kappa shape index (κ3) is 10.4. The number of halogens is 3. The molecule has 13 heteroatoms. The summed E-state index contributed by atoms with van der Waals surface area (Å²) in [6.07, 6.45) is -7.29. The number of nitrogens with zero attached hydrogens (tertiary/aromatic N) is 1. The number of thiophene rings is 1. The van der Waals surface area contributed by atoms with Gasteiger partial charge in [-0.05, 0) is 82.9 Å². The molecule has 1 aliphatic heterocycles. The highest BCUT2D eigenvalue weighted by Gasteiger charge is 2.50. The van der Waals surface area contributed by atoms with Gasteiger partial charge in [-0.1, -0.05) is 36.4 Å². The highest BCUT2D eigenvalue weighted by Crippen LogP contribution is 2.34. The number of hydrogen-bond acceptors (Lipinski definition) is 8. The maximum Gasteiger partial charge on any atom is 0.509 e. The number of alkyl carbamates (subject to hydrolysis) is 1. The highest BCUT2D eigenvalue weighted by atomic mass is 32.1. The van der Waals surface area contributed by atoms with Gasteiger partial charge in [-0.3, -0.25) is 4.90 Å². The first-order valence-electron chi connectivity index (χ1n) is 15.0. The second kappa shape index (κ2) is 14.7. The van der Waals surface area contributed by atoms with Crippen molar-refractivity contribution in [1.82, 2.24) is 10.2 Å². The summed E-state index contributed by atoms with van der Waals surface area (Å²) in [7, 11) is 0. The number of amides is 2. The van der Waals surface area contributed by atoms with Gasteiger partial charge in [0.2, 0.25) is 0 Å². The molecular weight excluding hydrogens is 637 g/mol. The summed E-state index contributed by atoms with van der Waals surface area (Å²) in [5, 5.41) is 3.99. The van der Waals surface area contributed by atoms with Gasteiger partial charge in [-0.15, -0.1) is 11.3 Å². The minimum Gasteiger partial charge on any atom is -0.444 e. The van der Waals surface area contributed by atoms with Gasteiger partial charge in [0.05, 0.1) is 12.6 Å². The van der Waals surface area contributed by atoms with Crippen LogP contribution in [0.3, 0.4) is 0 Å². The number of carbonyl (C=O) groups excluding carboxylic acids is 3. The van der Waals surface area contributed by atoms with Crippen molar-refractivity contribution < 1.29 is 46.5 Å². The molecule has 1 aromatic heterocycles. The molecule has 0 spiro atoms. The summed E-state index contributed by atoms with van der Waals surface area (Å²) in [6, 6.07) is 13.4. The van der Waals surface area contributed by atoms with E-state index in [2.05, 4.69) is 5.32 Å². The van der Waals surface area contributed by atoms with Crippen molar-refractivity contribution in [2.24, 2.45) is 0 Å². The summed E-state index contributed by atoms with van der Waals surface area (Å²) in [5.41, 5.74) is 0.164. The van der Waals surface area contributed by atoms with E-state index in [1.165, 1.54) is 45.9 Å². The summed E-state index contributed by atoms with van der Waals surface area (Å²) in [4.78, 5) is 41.3. The van der Waals surface area contributed by atoms with Crippen LogP contribution in [-0.4, -0.2) is 59.2 Å². The molecule has 254 valence electrons. The van der Waals surface area contributed by atoms with E-state index in [1.807, 2.05) is 0 Å². The lowest BCUT2D eigenvalue weighted by molar-refractivity contribution is -0.0518. The lowest BCUT2D eigenvalue weighted by atomic mass is 9.99. The summed E-state index contributed by atoms with van der Waals surface area (Å²) >= 11 is 1.20. The molecule has 2 amide bonds. The smallest absolute Gasteiger partial charge is 0.444 e. The van der Waals surface area contributed by atoms with E-state index < -0.39 is 60.0 Å². The maximum atomic E-state index is 13.7. The first-order chi connectivity index (χ1) is 22.0. The quantitative estimate of drug-likeness (QED) is 0.189. The van der Waals surface area contributed by atoms with Gasteiger partial charge in [0.1, 0.15) is 17.0 Å². The Morgan fingerprint density at radius 2 is 1.62 bits per heavy atom. The fourth-order valence-corrected chi connectivity index (χ4v) is 5.83. The van der Waals surface area contributed by atoms with Gasteiger partial charge in [0, 0.05) is 22.4 Å². The van der Waals surface area contributed by atoms with Crippen molar-refractivity contribution in [2.75, 3.05) is 6.54 Å². The monoisotopic (exact) mass is 676 g/mol. The molecule has 1 aliphatic rings. The number of carbonyl (C=O) groups is 3. The number of nitrogens with one attached hydrogen (secondary N) is 1. The molecule has 0 saturated carbocycles. The Balaban J connectivity index is 1.62. The average Bonchev–Trinajstić information content (AvgIpc) is 3.57. The van der Waals surface area contributed by atoms with Crippen molar-refractivity contribution in [2.45, 2.75) is 90.4 Å². The van der Waals surface area contributed by atoms with Crippen molar-refractivity contribution in [3.63, 3.8) is 0 Å². The lowest BCUT2D eigenvalue weighted by Crippen LogP contribution is -2.46. The van der Waals surface area contributed by atoms with Crippen molar-refractivity contribution >= 4 is 29.7 Å². The number of ether oxygens (including phenoxy) is 4. The molecule has 3 atom stereocenters. The van der Waals surface area contributed by atoms with E-state index in [9.17, 15) is 27.6 Å². The van der Waals surface area contributed by atoms with Gasteiger partial charge in [0.25, 0.3) is 6.43 Å². The van der Waals surface area contributed by atoms with Gasteiger partial charge in [-0.25, -0.2) is 27.6 Å². The molecular formula is C34H39F3N2O7S. The largest absolute Gasteiger partial charge is 0.509 e. The van der Waals surface area contributed by atoms with E-state index in [1.54, 1.807) is 71.9 Å². The number of hydrogen-bond donors (Lipinski definition) is 1. The fourth-order valence-electron chi connectivity index (χ4n) is 4.92. The molecule has 9 nitrogen and oxygen atoms in total. The Morgan fingerprint density at radius 3 is 2.21 bits per heavy atom. The van der Waals surface area contributed by atoms with Crippen LogP contribution in [0.15, 0.2) is 60.0 Å². The van der Waals surface area contributed by atoms with Crippen LogP contribution < -0.4 is 5.32 Å². The molecule has 1 fully saturated rings. The molecule has 2 heterocycles. The van der Waals surface area contributed by atoms with Crippen LogP contribution in [0.2, 0.25) is 0 Å². The van der Waals surface area contributed by atoms with Crippen molar-refractivity contribution in [1.29, 1.82) is 0 Å². The Hall–Kier alpha value is -4.26. The molecule has 1 saturated heterocycles. The Bertz CT molecular complexity index is 1550. The van der Waals surface area contributed by atoms with Crippen LogP contribution in [-0.2, 0) is 31.9 Å². The molecule has 0 unspecified atom stereocenters. The zero-order valence-electron chi connectivity index (χ0n) is 27.1. The second-order valence-electron chi connectivity index (χ2n) is 13.1. The van der Waals surface area contributed by atoms with E-state index in [-0.39, 0.29) is 25.1 Å². The number of benzene rings is 2. The molecule has 3 aromatic rings. The zero-order chi connectivity index (χ0) is 34.5.